The predicted molar refractivity (Wildman–Crippen MR) is 41.0 cm³/mol. The molecule has 1 saturated heterocycles. The third-order valence-corrected chi connectivity index (χ3v) is 1.92. The zero-order valence-corrected chi connectivity index (χ0v) is 7.14. The van der Waals surface area contributed by atoms with E-state index < -0.39 is 18.5 Å². The van der Waals surface area contributed by atoms with E-state index in [-0.39, 0.29) is 6.10 Å². The molecule has 0 amide bonds. The first kappa shape index (κ1) is 8.52. The maximum Gasteiger partial charge on any atom is 0.508 e. The molecule has 0 radical (unpaired) electrons. The first-order valence-electron chi connectivity index (χ1n) is 3.99. The third kappa shape index (κ3) is 1.66. The van der Waals surface area contributed by atoms with Crippen LogP contribution in [0.5, 0.6) is 0 Å². The van der Waals surface area contributed by atoms with Gasteiger partial charge in [0.2, 0.25) is 0 Å². The molecular formula is C8H10O5. The summed E-state index contributed by atoms with van der Waals surface area (Å²) in [5.74, 6) is 0. The molecule has 5 heteroatoms. The topological polar surface area (TPSA) is 54.0 Å². The van der Waals surface area contributed by atoms with Crippen LogP contribution in [0.2, 0.25) is 0 Å². The van der Waals surface area contributed by atoms with Crippen LogP contribution in [0.4, 0.5) is 4.79 Å². The van der Waals surface area contributed by atoms with Gasteiger partial charge in [0.15, 0.2) is 12.4 Å². The summed E-state index contributed by atoms with van der Waals surface area (Å²) in [6.45, 7) is 0.516. The molecule has 13 heavy (non-hydrogen) atoms. The van der Waals surface area contributed by atoms with Gasteiger partial charge in [0.25, 0.3) is 0 Å². The summed E-state index contributed by atoms with van der Waals surface area (Å²) in [5.41, 5.74) is 0. The van der Waals surface area contributed by atoms with E-state index in [9.17, 15) is 4.79 Å². The number of hydrogen-bond donors (Lipinski definition) is 0. The Kier molecular flexibility index (Phi) is 2.20. The molecule has 0 spiro atoms. The van der Waals surface area contributed by atoms with Crippen LogP contribution in [0, 0.1) is 0 Å². The summed E-state index contributed by atoms with van der Waals surface area (Å²) in [5, 5.41) is 0. The van der Waals surface area contributed by atoms with Crippen molar-refractivity contribution in [2.75, 3.05) is 13.7 Å². The second-order valence-electron chi connectivity index (χ2n) is 2.80. The highest BCUT2D eigenvalue weighted by molar-refractivity contribution is 5.60. The lowest BCUT2D eigenvalue weighted by Gasteiger charge is -2.21. The van der Waals surface area contributed by atoms with Gasteiger partial charge < -0.3 is 18.9 Å². The molecular weight excluding hydrogens is 176 g/mol. The minimum Gasteiger partial charge on any atom is -0.438 e. The minimum atomic E-state index is -0.729. The molecule has 2 aliphatic heterocycles. The molecule has 5 nitrogen and oxygen atoms in total. The quantitative estimate of drug-likeness (QED) is 0.439. The largest absolute Gasteiger partial charge is 0.508 e. The van der Waals surface area contributed by atoms with Crippen LogP contribution in [0.25, 0.3) is 0 Å². The Balaban J connectivity index is 1.96. The first-order chi connectivity index (χ1) is 6.29. The second kappa shape index (κ2) is 3.35. The molecule has 0 aromatic carbocycles. The van der Waals surface area contributed by atoms with Crippen LogP contribution >= 0.6 is 0 Å². The van der Waals surface area contributed by atoms with Gasteiger partial charge in [0.1, 0.15) is 6.10 Å². The first-order valence-corrected chi connectivity index (χ1v) is 3.99. The molecule has 0 aliphatic carbocycles. The van der Waals surface area contributed by atoms with E-state index in [4.69, 9.17) is 14.2 Å². The monoisotopic (exact) mass is 186 g/mol. The van der Waals surface area contributed by atoms with Crippen LogP contribution in [-0.2, 0) is 18.9 Å². The lowest BCUT2D eigenvalue weighted by molar-refractivity contribution is -0.124. The lowest BCUT2D eigenvalue weighted by Crippen LogP contribution is -2.33. The van der Waals surface area contributed by atoms with Gasteiger partial charge in [-0.25, -0.2) is 4.79 Å². The van der Waals surface area contributed by atoms with Gasteiger partial charge in [-0.2, -0.15) is 0 Å². The van der Waals surface area contributed by atoms with Crippen LogP contribution in [-0.4, -0.2) is 38.4 Å². The third-order valence-electron chi connectivity index (χ3n) is 1.92. The molecule has 2 heterocycles. The zero-order chi connectivity index (χ0) is 9.26. The average molecular weight is 186 g/mol. The summed E-state index contributed by atoms with van der Waals surface area (Å²) >= 11 is 0. The van der Waals surface area contributed by atoms with Crippen LogP contribution in [0.1, 0.15) is 0 Å². The predicted octanol–water partition coefficient (Wildman–Crippen LogP) is 0.449. The highest BCUT2D eigenvalue weighted by Gasteiger charge is 2.36. The Morgan fingerprint density at radius 3 is 3.15 bits per heavy atom. The van der Waals surface area contributed by atoms with Gasteiger partial charge in [-0.15, -0.1) is 0 Å². The van der Waals surface area contributed by atoms with Crippen molar-refractivity contribution in [1.82, 2.24) is 0 Å². The van der Waals surface area contributed by atoms with Crippen molar-refractivity contribution in [3.05, 3.63) is 12.2 Å². The van der Waals surface area contributed by atoms with E-state index in [0.29, 0.717) is 6.61 Å². The Labute approximate surface area is 75.2 Å². The Morgan fingerprint density at radius 2 is 2.38 bits per heavy atom. The van der Waals surface area contributed by atoms with E-state index in [2.05, 4.69) is 4.74 Å². The smallest absolute Gasteiger partial charge is 0.438 e. The van der Waals surface area contributed by atoms with Gasteiger partial charge in [-0.1, -0.05) is 6.08 Å². The van der Waals surface area contributed by atoms with Crippen LogP contribution in [0.15, 0.2) is 12.2 Å². The van der Waals surface area contributed by atoms with Crippen molar-refractivity contribution >= 4 is 6.16 Å². The molecule has 0 N–H and O–H groups in total. The summed E-state index contributed by atoms with van der Waals surface area (Å²) < 4.78 is 19.8. The number of carbonyl (C=O) groups is 1. The number of methoxy groups -OCH3 is 1. The van der Waals surface area contributed by atoms with Crippen molar-refractivity contribution in [1.29, 1.82) is 0 Å². The van der Waals surface area contributed by atoms with Gasteiger partial charge in [-0.05, 0) is 6.08 Å². The number of carbonyl (C=O) groups excluding carboxylic acids is 1. The normalized spacial score (nSPS) is 35.9. The van der Waals surface area contributed by atoms with E-state index in [1.165, 1.54) is 7.11 Å². The SMILES string of the molecule is COC(=O)O[C@H]1C=C[C@H]2CO[C@@H]1O2. The van der Waals surface area contributed by atoms with Gasteiger partial charge >= 0.3 is 6.16 Å². The second-order valence-corrected chi connectivity index (χ2v) is 2.80. The van der Waals surface area contributed by atoms with Gasteiger partial charge in [0.05, 0.1) is 13.7 Å². The van der Waals surface area contributed by atoms with E-state index in [1.807, 2.05) is 6.08 Å². The van der Waals surface area contributed by atoms with Crippen LogP contribution < -0.4 is 0 Å². The number of fused-ring (bicyclic) bond motifs is 2. The summed E-state index contributed by atoms with van der Waals surface area (Å²) in [6, 6.07) is 0. The maximum absolute atomic E-state index is 10.8. The van der Waals surface area contributed by atoms with Crippen molar-refractivity contribution in [3.63, 3.8) is 0 Å². The fourth-order valence-corrected chi connectivity index (χ4v) is 1.29. The fourth-order valence-electron chi connectivity index (χ4n) is 1.29. The lowest BCUT2D eigenvalue weighted by atomic mass is 10.2. The molecule has 3 atom stereocenters. The van der Waals surface area contributed by atoms with Crippen LogP contribution in [0.3, 0.4) is 0 Å². The molecule has 0 aromatic heterocycles. The number of hydrogen-bond acceptors (Lipinski definition) is 5. The van der Waals surface area contributed by atoms with Crippen molar-refractivity contribution < 1.29 is 23.7 Å². The average Bonchev–Trinajstić information content (AvgIpc) is 2.54. The van der Waals surface area contributed by atoms with Gasteiger partial charge in [0, 0.05) is 0 Å². The Bertz CT molecular complexity index is 237. The number of rotatable bonds is 1. The standard InChI is InChI=1S/C8H10O5/c1-10-8(9)13-6-3-2-5-4-11-7(6)12-5/h2-3,5-7H,4H2,1H3/t5-,6-,7+/m0/s1. The Hall–Kier alpha value is -1.07. The Morgan fingerprint density at radius 1 is 1.54 bits per heavy atom. The van der Waals surface area contributed by atoms with E-state index >= 15 is 0 Å². The molecule has 72 valence electrons. The highest BCUT2D eigenvalue weighted by atomic mass is 16.8. The molecule has 0 unspecified atom stereocenters. The highest BCUT2D eigenvalue weighted by Crippen LogP contribution is 2.23. The molecule has 2 bridgehead atoms. The summed E-state index contributed by atoms with van der Waals surface area (Å²) in [7, 11) is 1.26. The van der Waals surface area contributed by atoms with E-state index in [1.54, 1.807) is 6.08 Å². The zero-order valence-electron chi connectivity index (χ0n) is 7.14. The van der Waals surface area contributed by atoms with Crippen molar-refractivity contribution in [2.45, 2.75) is 18.5 Å². The van der Waals surface area contributed by atoms with E-state index in [0.717, 1.165) is 0 Å². The molecule has 1 fully saturated rings. The van der Waals surface area contributed by atoms with Crippen molar-refractivity contribution in [2.24, 2.45) is 0 Å². The fraction of sp³-hybridized carbons (Fsp3) is 0.625. The summed E-state index contributed by atoms with van der Waals surface area (Å²) in [6.07, 6.45) is 1.87. The molecule has 0 saturated carbocycles. The van der Waals surface area contributed by atoms with Gasteiger partial charge in [-0.3, -0.25) is 0 Å². The van der Waals surface area contributed by atoms with Crippen molar-refractivity contribution in [3.8, 4) is 0 Å². The molecule has 2 aliphatic rings. The summed E-state index contributed by atoms with van der Waals surface area (Å²) in [4.78, 5) is 10.8. The molecule has 0 aromatic rings. The molecule has 2 rings (SSSR count). The minimum absolute atomic E-state index is 0.00231. The number of ether oxygens (including phenoxy) is 4. The maximum atomic E-state index is 10.8.